The highest BCUT2D eigenvalue weighted by Crippen LogP contribution is 2.19. The predicted octanol–water partition coefficient (Wildman–Crippen LogP) is 3.67. The van der Waals surface area contributed by atoms with Gasteiger partial charge in [0.05, 0.1) is 17.5 Å². The van der Waals surface area contributed by atoms with Crippen LogP contribution in [-0.4, -0.2) is 5.78 Å². The van der Waals surface area contributed by atoms with Gasteiger partial charge in [-0.3, -0.25) is 4.79 Å². The molecule has 0 aliphatic carbocycles. The Bertz CT molecular complexity index is 501. The first-order valence-electron chi connectivity index (χ1n) is 4.97. The summed E-state index contributed by atoms with van der Waals surface area (Å²) >= 11 is 6.02. The maximum Gasteiger partial charge on any atom is 0.168 e. The average Bonchev–Trinajstić information content (AvgIpc) is 2.70. The number of aryl methyl sites for hydroxylation is 1. The van der Waals surface area contributed by atoms with Gasteiger partial charge in [0.25, 0.3) is 0 Å². The zero-order valence-corrected chi connectivity index (χ0v) is 9.62. The number of ketones is 1. The summed E-state index contributed by atoms with van der Waals surface area (Å²) in [5.74, 6) is 0.00593. The van der Waals surface area contributed by atoms with Gasteiger partial charge in [-0.2, -0.15) is 0 Å². The number of rotatable bonds is 3. The molecule has 0 unspecified atom stereocenters. The van der Waals surface area contributed by atoms with Gasteiger partial charge in [-0.1, -0.05) is 17.7 Å². The minimum Gasteiger partial charge on any atom is -0.472 e. The summed E-state index contributed by atoms with van der Waals surface area (Å²) in [6.07, 6.45) is 3.44. The largest absolute Gasteiger partial charge is 0.472 e. The van der Waals surface area contributed by atoms with Crippen LogP contribution in [0.2, 0.25) is 5.02 Å². The maximum absolute atomic E-state index is 11.9. The second-order valence-electron chi connectivity index (χ2n) is 3.71. The van der Waals surface area contributed by atoms with Gasteiger partial charge >= 0.3 is 0 Å². The van der Waals surface area contributed by atoms with Crippen molar-refractivity contribution in [2.75, 3.05) is 0 Å². The smallest absolute Gasteiger partial charge is 0.168 e. The highest BCUT2D eigenvalue weighted by Gasteiger charge is 2.11. The second-order valence-corrected chi connectivity index (χ2v) is 4.12. The van der Waals surface area contributed by atoms with Crippen molar-refractivity contribution < 1.29 is 9.21 Å². The Morgan fingerprint density at radius 3 is 2.81 bits per heavy atom. The number of Topliss-reactive ketones (excluding diaryl/α,β-unsaturated/α-hetero) is 1. The van der Waals surface area contributed by atoms with Crippen LogP contribution in [0.25, 0.3) is 0 Å². The van der Waals surface area contributed by atoms with Crippen LogP contribution in [0.1, 0.15) is 21.5 Å². The quantitative estimate of drug-likeness (QED) is 0.759. The third-order valence-electron chi connectivity index (χ3n) is 2.37. The lowest BCUT2D eigenvalue weighted by Gasteiger charge is -2.03. The van der Waals surface area contributed by atoms with Crippen molar-refractivity contribution in [3.05, 3.63) is 58.5 Å². The molecule has 0 aliphatic rings. The van der Waals surface area contributed by atoms with Crippen LogP contribution in [0, 0.1) is 6.92 Å². The van der Waals surface area contributed by atoms with Gasteiger partial charge in [-0.05, 0) is 36.2 Å². The van der Waals surface area contributed by atoms with E-state index in [0.29, 0.717) is 17.0 Å². The van der Waals surface area contributed by atoms with E-state index in [0.717, 1.165) is 11.1 Å². The van der Waals surface area contributed by atoms with Crippen molar-refractivity contribution in [1.82, 2.24) is 0 Å². The van der Waals surface area contributed by atoms with Crippen LogP contribution in [0.3, 0.4) is 0 Å². The fourth-order valence-electron chi connectivity index (χ4n) is 1.52. The molecular weight excluding hydrogens is 224 g/mol. The molecule has 82 valence electrons. The van der Waals surface area contributed by atoms with Gasteiger partial charge in [0.15, 0.2) is 5.78 Å². The van der Waals surface area contributed by atoms with Crippen LogP contribution in [0.15, 0.2) is 41.2 Å². The van der Waals surface area contributed by atoms with Crippen molar-refractivity contribution in [3.8, 4) is 0 Å². The molecule has 3 heteroatoms. The molecule has 0 spiro atoms. The molecule has 2 rings (SSSR count). The Morgan fingerprint density at radius 1 is 1.38 bits per heavy atom. The lowest BCUT2D eigenvalue weighted by molar-refractivity contribution is 0.0993. The Labute approximate surface area is 98.8 Å². The molecule has 1 aromatic heterocycles. The number of benzene rings is 1. The van der Waals surface area contributed by atoms with E-state index in [1.54, 1.807) is 30.7 Å². The van der Waals surface area contributed by atoms with Crippen molar-refractivity contribution >= 4 is 17.4 Å². The predicted molar refractivity (Wildman–Crippen MR) is 62.9 cm³/mol. The fraction of sp³-hybridized carbons (Fsp3) is 0.154. The van der Waals surface area contributed by atoms with E-state index in [2.05, 4.69) is 0 Å². The summed E-state index contributed by atoms with van der Waals surface area (Å²) in [6.45, 7) is 1.94. The molecule has 0 aliphatic heterocycles. The highest BCUT2D eigenvalue weighted by molar-refractivity contribution is 6.34. The highest BCUT2D eigenvalue weighted by atomic mass is 35.5. The first-order valence-corrected chi connectivity index (χ1v) is 5.35. The van der Waals surface area contributed by atoms with E-state index in [-0.39, 0.29) is 5.78 Å². The molecule has 0 N–H and O–H groups in total. The average molecular weight is 235 g/mol. The van der Waals surface area contributed by atoms with Crippen molar-refractivity contribution in [1.29, 1.82) is 0 Å². The normalized spacial score (nSPS) is 10.4. The van der Waals surface area contributed by atoms with E-state index >= 15 is 0 Å². The van der Waals surface area contributed by atoms with E-state index in [1.807, 2.05) is 13.0 Å². The fourth-order valence-corrected chi connectivity index (χ4v) is 1.86. The van der Waals surface area contributed by atoms with Crippen LogP contribution in [0.5, 0.6) is 0 Å². The maximum atomic E-state index is 11.9. The van der Waals surface area contributed by atoms with E-state index in [9.17, 15) is 4.79 Å². The van der Waals surface area contributed by atoms with Crippen LogP contribution < -0.4 is 0 Å². The van der Waals surface area contributed by atoms with Gasteiger partial charge in [0, 0.05) is 12.0 Å². The number of carbonyl (C=O) groups is 1. The molecule has 1 heterocycles. The van der Waals surface area contributed by atoms with E-state index < -0.39 is 0 Å². The second kappa shape index (κ2) is 4.54. The molecular formula is C13H11ClO2. The molecule has 0 radical (unpaired) electrons. The Hall–Kier alpha value is -1.54. The first-order chi connectivity index (χ1) is 7.66. The van der Waals surface area contributed by atoms with Gasteiger partial charge in [0.1, 0.15) is 0 Å². The summed E-state index contributed by atoms with van der Waals surface area (Å²) in [4.78, 5) is 11.9. The van der Waals surface area contributed by atoms with Gasteiger partial charge in [-0.15, -0.1) is 0 Å². The summed E-state index contributed by atoms with van der Waals surface area (Å²) in [7, 11) is 0. The number of furan rings is 1. The van der Waals surface area contributed by atoms with Gasteiger partial charge < -0.3 is 4.42 Å². The Kier molecular flexibility index (Phi) is 3.11. The summed E-state index contributed by atoms with van der Waals surface area (Å²) in [6, 6.07) is 7.22. The molecule has 2 aromatic rings. The van der Waals surface area contributed by atoms with Crippen LogP contribution >= 0.6 is 11.6 Å². The first kappa shape index (κ1) is 11.0. The topological polar surface area (TPSA) is 30.2 Å². The third kappa shape index (κ3) is 2.34. The minimum atomic E-state index is 0.00593. The molecule has 16 heavy (non-hydrogen) atoms. The monoisotopic (exact) mass is 234 g/mol. The molecule has 0 bridgehead atoms. The number of hydrogen-bond donors (Lipinski definition) is 0. The summed E-state index contributed by atoms with van der Waals surface area (Å²) < 4.78 is 4.92. The van der Waals surface area contributed by atoms with Gasteiger partial charge in [0.2, 0.25) is 0 Å². The lowest BCUT2D eigenvalue weighted by Crippen LogP contribution is -2.03. The Morgan fingerprint density at radius 2 is 2.19 bits per heavy atom. The molecule has 0 saturated carbocycles. The molecule has 1 aromatic carbocycles. The van der Waals surface area contributed by atoms with Crippen molar-refractivity contribution in [2.45, 2.75) is 13.3 Å². The third-order valence-corrected chi connectivity index (χ3v) is 2.68. The van der Waals surface area contributed by atoms with Crippen LogP contribution in [0.4, 0.5) is 0 Å². The van der Waals surface area contributed by atoms with E-state index in [4.69, 9.17) is 16.0 Å². The van der Waals surface area contributed by atoms with Crippen molar-refractivity contribution in [2.24, 2.45) is 0 Å². The minimum absolute atomic E-state index is 0.00593. The van der Waals surface area contributed by atoms with Crippen molar-refractivity contribution in [3.63, 3.8) is 0 Å². The number of carbonyl (C=O) groups excluding carboxylic acids is 1. The Balaban J connectivity index is 2.21. The van der Waals surface area contributed by atoms with E-state index in [1.165, 1.54) is 0 Å². The molecule has 2 nitrogen and oxygen atoms in total. The zero-order chi connectivity index (χ0) is 11.5. The molecule has 0 atom stereocenters. The molecule has 0 saturated heterocycles. The number of halogens is 1. The molecule has 0 amide bonds. The summed E-state index contributed by atoms with van der Waals surface area (Å²) in [5.41, 5.74) is 2.47. The SMILES string of the molecule is Cc1ccc(C(=O)Cc2ccoc2)c(Cl)c1. The lowest BCUT2D eigenvalue weighted by atomic mass is 10.0. The zero-order valence-electron chi connectivity index (χ0n) is 8.87. The van der Waals surface area contributed by atoms with Crippen LogP contribution in [-0.2, 0) is 6.42 Å². The molecule has 0 fully saturated rings. The summed E-state index contributed by atoms with van der Waals surface area (Å²) in [5, 5.41) is 0.508. The number of hydrogen-bond acceptors (Lipinski definition) is 2. The van der Waals surface area contributed by atoms with Gasteiger partial charge in [-0.25, -0.2) is 0 Å². The standard InChI is InChI=1S/C13H11ClO2/c1-9-2-3-11(12(14)6-9)13(15)7-10-4-5-16-8-10/h2-6,8H,7H2,1H3.